The van der Waals surface area contributed by atoms with Crippen LogP contribution in [0.1, 0.15) is 27.2 Å². The van der Waals surface area contributed by atoms with Crippen LogP contribution in [0.25, 0.3) is 0 Å². The van der Waals surface area contributed by atoms with E-state index in [1.54, 1.807) is 24.5 Å². The lowest BCUT2D eigenvalue weighted by molar-refractivity contribution is 0.102. The number of pyridine rings is 1. The Morgan fingerprint density at radius 3 is 2.76 bits per heavy atom. The van der Waals surface area contributed by atoms with Gasteiger partial charge in [-0.3, -0.25) is 19.8 Å². The van der Waals surface area contributed by atoms with Gasteiger partial charge in [-0.1, -0.05) is 30.3 Å². The predicted molar refractivity (Wildman–Crippen MR) is 95.0 cm³/mol. The molecule has 1 aliphatic rings. The molecule has 0 aliphatic carbocycles. The SMILES string of the molecule is O=C(Nc1n[nH]c2c1CCN(Cc1ccccc1)C2)c1ccncc1. The molecule has 3 aromatic rings. The third kappa shape index (κ3) is 3.44. The molecule has 0 bridgehead atoms. The molecule has 0 fully saturated rings. The lowest BCUT2D eigenvalue weighted by Gasteiger charge is -2.26. The number of fused-ring (bicyclic) bond motifs is 1. The number of anilines is 1. The van der Waals surface area contributed by atoms with E-state index in [1.807, 2.05) is 6.07 Å². The molecule has 0 atom stereocenters. The molecule has 1 aliphatic heterocycles. The maximum Gasteiger partial charge on any atom is 0.256 e. The fraction of sp³-hybridized carbons (Fsp3) is 0.211. The van der Waals surface area contributed by atoms with Crippen LogP contribution in [0, 0.1) is 0 Å². The molecule has 0 radical (unpaired) electrons. The molecular weight excluding hydrogens is 314 g/mol. The molecule has 6 heteroatoms. The van der Waals surface area contributed by atoms with Crippen molar-refractivity contribution in [3.05, 3.63) is 77.2 Å². The van der Waals surface area contributed by atoms with Gasteiger partial charge >= 0.3 is 0 Å². The van der Waals surface area contributed by atoms with E-state index < -0.39 is 0 Å². The average molecular weight is 333 g/mol. The monoisotopic (exact) mass is 333 g/mol. The van der Waals surface area contributed by atoms with Gasteiger partial charge in [0.15, 0.2) is 5.82 Å². The van der Waals surface area contributed by atoms with Crippen molar-refractivity contribution >= 4 is 11.7 Å². The number of carbonyl (C=O) groups excluding carboxylic acids is 1. The molecule has 25 heavy (non-hydrogen) atoms. The van der Waals surface area contributed by atoms with Crippen LogP contribution in [0.2, 0.25) is 0 Å². The minimum Gasteiger partial charge on any atom is -0.305 e. The molecule has 1 aromatic carbocycles. The van der Waals surface area contributed by atoms with E-state index in [9.17, 15) is 4.79 Å². The van der Waals surface area contributed by atoms with Gasteiger partial charge in [-0.2, -0.15) is 5.10 Å². The third-order valence-electron chi connectivity index (χ3n) is 4.44. The second-order valence-electron chi connectivity index (χ2n) is 6.17. The van der Waals surface area contributed by atoms with Gasteiger partial charge in [0, 0.05) is 43.2 Å². The van der Waals surface area contributed by atoms with E-state index in [4.69, 9.17) is 0 Å². The summed E-state index contributed by atoms with van der Waals surface area (Å²) in [6.07, 6.45) is 4.08. The van der Waals surface area contributed by atoms with E-state index >= 15 is 0 Å². The third-order valence-corrected chi connectivity index (χ3v) is 4.44. The van der Waals surface area contributed by atoms with Crippen molar-refractivity contribution in [3.63, 3.8) is 0 Å². The molecule has 4 rings (SSSR count). The number of H-pyrrole nitrogens is 1. The van der Waals surface area contributed by atoms with Crippen LogP contribution in [0.4, 0.5) is 5.82 Å². The predicted octanol–water partition coefficient (Wildman–Crippen LogP) is 2.62. The topological polar surface area (TPSA) is 73.9 Å². The fourth-order valence-electron chi connectivity index (χ4n) is 3.14. The number of hydrogen-bond acceptors (Lipinski definition) is 4. The number of carbonyl (C=O) groups is 1. The Balaban J connectivity index is 1.44. The van der Waals surface area contributed by atoms with E-state index in [0.717, 1.165) is 37.3 Å². The molecule has 1 amide bonds. The van der Waals surface area contributed by atoms with Crippen LogP contribution in [-0.2, 0) is 19.5 Å². The first-order valence-corrected chi connectivity index (χ1v) is 8.33. The van der Waals surface area contributed by atoms with Crippen molar-refractivity contribution in [1.29, 1.82) is 0 Å². The first-order chi connectivity index (χ1) is 12.3. The van der Waals surface area contributed by atoms with Crippen molar-refractivity contribution in [2.24, 2.45) is 0 Å². The Morgan fingerprint density at radius 1 is 1.16 bits per heavy atom. The number of rotatable bonds is 4. The molecule has 126 valence electrons. The van der Waals surface area contributed by atoms with Gasteiger partial charge in [0.05, 0.1) is 5.69 Å². The number of nitrogens with zero attached hydrogens (tertiary/aromatic N) is 3. The lowest BCUT2D eigenvalue weighted by atomic mass is 10.1. The van der Waals surface area contributed by atoms with Gasteiger partial charge in [0.1, 0.15) is 0 Å². The summed E-state index contributed by atoms with van der Waals surface area (Å²) in [5.74, 6) is 0.472. The van der Waals surface area contributed by atoms with Crippen molar-refractivity contribution in [2.75, 3.05) is 11.9 Å². The van der Waals surface area contributed by atoms with Gasteiger partial charge < -0.3 is 5.32 Å². The number of nitrogens with one attached hydrogen (secondary N) is 2. The van der Waals surface area contributed by atoms with Crippen LogP contribution < -0.4 is 5.32 Å². The normalized spacial score (nSPS) is 14.1. The second kappa shape index (κ2) is 6.86. The van der Waals surface area contributed by atoms with Gasteiger partial charge in [0.25, 0.3) is 5.91 Å². The summed E-state index contributed by atoms with van der Waals surface area (Å²) in [7, 11) is 0. The molecule has 0 saturated heterocycles. The summed E-state index contributed by atoms with van der Waals surface area (Å²) in [6, 6.07) is 13.8. The highest BCUT2D eigenvalue weighted by molar-refractivity contribution is 6.04. The van der Waals surface area contributed by atoms with Gasteiger partial charge in [0.2, 0.25) is 0 Å². The van der Waals surface area contributed by atoms with E-state index in [1.165, 1.54) is 5.56 Å². The average Bonchev–Trinajstić information content (AvgIpc) is 3.05. The Morgan fingerprint density at radius 2 is 1.96 bits per heavy atom. The number of amides is 1. The van der Waals surface area contributed by atoms with Gasteiger partial charge in [-0.25, -0.2) is 0 Å². The Kier molecular flexibility index (Phi) is 4.26. The molecule has 6 nitrogen and oxygen atoms in total. The van der Waals surface area contributed by atoms with Gasteiger partial charge in [-0.05, 0) is 24.1 Å². The highest BCUT2D eigenvalue weighted by Gasteiger charge is 2.23. The number of aromatic nitrogens is 3. The van der Waals surface area contributed by atoms with Crippen molar-refractivity contribution in [2.45, 2.75) is 19.5 Å². The molecular formula is C19H19N5O. The van der Waals surface area contributed by atoms with Gasteiger partial charge in [-0.15, -0.1) is 0 Å². The standard InChI is InChI=1S/C19H19N5O/c25-19(15-6-9-20-10-7-15)21-18-16-8-11-24(13-17(16)22-23-18)12-14-4-2-1-3-5-14/h1-7,9-10H,8,11-13H2,(H2,21,22,23,25). The molecule has 2 N–H and O–H groups in total. The van der Waals surface area contributed by atoms with E-state index in [2.05, 4.69) is 49.7 Å². The Hall–Kier alpha value is -2.99. The maximum absolute atomic E-state index is 12.3. The molecule has 2 aromatic heterocycles. The minimum absolute atomic E-state index is 0.164. The highest BCUT2D eigenvalue weighted by atomic mass is 16.1. The first-order valence-electron chi connectivity index (χ1n) is 8.33. The summed E-state index contributed by atoms with van der Waals surface area (Å²) in [6.45, 7) is 2.67. The second-order valence-corrected chi connectivity index (χ2v) is 6.17. The first kappa shape index (κ1) is 15.5. The zero-order chi connectivity index (χ0) is 17.1. The molecule has 0 saturated carbocycles. The van der Waals surface area contributed by atoms with Crippen LogP contribution >= 0.6 is 0 Å². The minimum atomic E-state index is -0.164. The fourth-order valence-corrected chi connectivity index (χ4v) is 3.14. The number of aromatic amines is 1. The van der Waals surface area contributed by atoms with Crippen LogP contribution in [0.15, 0.2) is 54.9 Å². The van der Waals surface area contributed by atoms with Crippen LogP contribution in [0.3, 0.4) is 0 Å². The Labute approximate surface area is 145 Å². The summed E-state index contributed by atoms with van der Waals surface area (Å²) < 4.78 is 0. The largest absolute Gasteiger partial charge is 0.305 e. The van der Waals surface area contributed by atoms with Crippen molar-refractivity contribution < 1.29 is 4.79 Å². The quantitative estimate of drug-likeness (QED) is 0.770. The smallest absolute Gasteiger partial charge is 0.256 e. The van der Waals surface area contributed by atoms with Crippen molar-refractivity contribution in [1.82, 2.24) is 20.1 Å². The summed E-state index contributed by atoms with van der Waals surface area (Å²) in [5, 5.41) is 10.3. The zero-order valence-corrected chi connectivity index (χ0v) is 13.8. The molecule has 3 heterocycles. The Bertz CT molecular complexity index is 860. The summed E-state index contributed by atoms with van der Waals surface area (Å²) in [4.78, 5) is 18.6. The molecule has 0 spiro atoms. The lowest BCUT2D eigenvalue weighted by Crippen LogP contribution is -2.30. The van der Waals surface area contributed by atoms with E-state index in [-0.39, 0.29) is 5.91 Å². The highest BCUT2D eigenvalue weighted by Crippen LogP contribution is 2.25. The van der Waals surface area contributed by atoms with Crippen LogP contribution in [0.5, 0.6) is 0 Å². The number of benzene rings is 1. The summed E-state index contributed by atoms with van der Waals surface area (Å²) >= 11 is 0. The maximum atomic E-state index is 12.3. The van der Waals surface area contributed by atoms with E-state index in [0.29, 0.717) is 11.4 Å². The van der Waals surface area contributed by atoms with Crippen LogP contribution in [-0.4, -0.2) is 32.5 Å². The molecule has 0 unspecified atom stereocenters. The number of hydrogen-bond donors (Lipinski definition) is 2. The summed E-state index contributed by atoms with van der Waals surface area (Å²) in [5.41, 5.74) is 4.06. The zero-order valence-electron chi connectivity index (χ0n) is 13.8. The van der Waals surface area contributed by atoms with Crippen molar-refractivity contribution in [3.8, 4) is 0 Å².